The molecule has 1 unspecified atom stereocenters. The van der Waals surface area contributed by atoms with Crippen LogP contribution < -0.4 is 20.3 Å². The van der Waals surface area contributed by atoms with Crippen molar-refractivity contribution in [2.75, 3.05) is 35.8 Å². The number of piperazine rings is 1. The fourth-order valence-electron chi connectivity index (χ4n) is 3.59. The average Bonchev–Trinajstić information content (AvgIpc) is 2.88. The smallest absolute Gasteiger partial charge is 0.475 e. The first-order valence-corrected chi connectivity index (χ1v) is 14.0. The molecule has 1 heterocycles. The Kier molecular flexibility index (Phi) is 11.2. The molecule has 1 saturated heterocycles. The maximum absolute atomic E-state index is 13.2. The Labute approximate surface area is 226 Å². The van der Waals surface area contributed by atoms with E-state index < -0.39 is 22.2 Å². The van der Waals surface area contributed by atoms with E-state index in [9.17, 15) is 26.4 Å². The van der Waals surface area contributed by atoms with Crippen LogP contribution in [0.25, 0.3) is 0 Å². The number of anilines is 2. The van der Waals surface area contributed by atoms with Crippen molar-refractivity contribution in [3.05, 3.63) is 53.6 Å². The van der Waals surface area contributed by atoms with Crippen LogP contribution in [0.2, 0.25) is 0 Å². The third-order valence-corrected chi connectivity index (χ3v) is 7.43. The lowest BCUT2D eigenvalue weighted by Crippen LogP contribution is -2.43. The average molecular weight is 573 g/mol. The van der Waals surface area contributed by atoms with Gasteiger partial charge in [0, 0.05) is 37.8 Å². The maximum Gasteiger partial charge on any atom is 0.490 e. The highest BCUT2D eigenvalue weighted by Gasteiger charge is 2.38. The van der Waals surface area contributed by atoms with Crippen molar-refractivity contribution in [1.82, 2.24) is 10.6 Å². The number of aliphatic carboxylic acids is 1. The highest BCUT2D eigenvalue weighted by molar-refractivity contribution is 7.92. The first kappa shape index (κ1) is 31.9. The summed E-state index contributed by atoms with van der Waals surface area (Å²) < 4.78 is 60.8. The number of benzene rings is 2. The predicted octanol–water partition coefficient (Wildman–Crippen LogP) is 4.18. The molecule has 1 fully saturated rings. The normalized spacial score (nSPS) is 14.7. The van der Waals surface area contributed by atoms with Crippen LogP contribution in [-0.4, -0.2) is 63.8 Å². The monoisotopic (exact) mass is 572 g/mol. The molecule has 2 aromatic rings. The van der Waals surface area contributed by atoms with Gasteiger partial charge in [0.25, 0.3) is 15.9 Å². The van der Waals surface area contributed by atoms with Crippen LogP contribution in [0.1, 0.15) is 56.0 Å². The largest absolute Gasteiger partial charge is 0.490 e. The molecule has 3 rings (SSSR count). The summed E-state index contributed by atoms with van der Waals surface area (Å²) in [7, 11) is -3.81. The molecule has 9 nitrogen and oxygen atoms in total. The fourth-order valence-corrected chi connectivity index (χ4v) is 4.65. The summed E-state index contributed by atoms with van der Waals surface area (Å²) in [5.74, 6) is -2.65. The zero-order chi connectivity index (χ0) is 29.4. The van der Waals surface area contributed by atoms with Crippen LogP contribution in [0.5, 0.6) is 0 Å². The van der Waals surface area contributed by atoms with Gasteiger partial charge in [0.1, 0.15) is 0 Å². The van der Waals surface area contributed by atoms with Gasteiger partial charge in [-0.1, -0.05) is 32.9 Å². The number of carbonyl (C=O) groups excluding carboxylic acids is 1. The van der Waals surface area contributed by atoms with Gasteiger partial charge in [-0.3, -0.25) is 9.52 Å². The van der Waals surface area contributed by atoms with Gasteiger partial charge in [-0.15, -0.1) is 0 Å². The third-order valence-electron chi connectivity index (χ3n) is 6.05. The molecule has 1 amide bonds. The Hall–Kier alpha value is -3.32. The van der Waals surface area contributed by atoms with Crippen molar-refractivity contribution in [1.29, 1.82) is 0 Å². The number of hydrogen-bond donors (Lipinski definition) is 4. The van der Waals surface area contributed by atoms with Crippen LogP contribution >= 0.6 is 0 Å². The molecule has 0 aliphatic carbocycles. The number of nitrogens with zero attached hydrogens (tertiary/aromatic N) is 1. The van der Waals surface area contributed by atoms with Crippen LogP contribution in [-0.2, 0) is 14.8 Å². The molecule has 216 valence electrons. The topological polar surface area (TPSA) is 128 Å². The van der Waals surface area contributed by atoms with Crippen molar-refractivity contribution < 1.29 is 36.3 Å². The molecule has 13 heteroatoms. The number of rotatable bonds is 8. The van der Waals surface area contributed by atoms with Gasteiger partial charge in [0.05, 0.1) is 16.3 Å². The van der Waals surface area contributed by atoms with E-state index in [0.29, 0.717) is 17.2 Å². The fraction of sp³-hybridized carbons (Fsp3) is 0.462. The Morgan fingerprint density at radius 1 is 1.05 bits per heavy atom. The quantitative estimate of drug-likeness (QED) is 0.374. The van der Waals surface area contributed by atoms with Gasteiger partial charge >= 0.3 is 12.1 Å². The first-order valence-electron chi connectivity index (χ1n) is 12.5. The number of hydrogen-bond acceptors (Lipinski definition) is 6. The van der Waals surface area contributed by atoms with Crippen molar-refractivity contribution in [2.24, 2.45) is 0 Å². The highest BCUT2D eigenvalue weighted by Crippen LogP contribution is 2.30. The van der Waals surface area contributed by atoms with E-state index in [1.54, 1.807) is 24.3 Å². The minimum absolute atomic E-state index is 0.0370. The highest BCUT2D eigenvalue weighted by atomic mass is 32.2. The van der Waals surface area contributed by atoms with E-state index in [1.807, 2.05) is 32.0 Å². The third kappa shape index (κ3) is 9.43. The van der Waals surface area contributed by atoms with Gasteiger partial charge in [-0.2, -0.15) is 13.2 Å². The van der Waals surface area contributed by atoms with Crippen molar-refractivity contribution >= 4 is 33.3 Å². The standard InChI is InChI=1S/C24H34N4O3S.C2HF3O2/c1-5-18(4)26-24(29)20-8-11-23(28-14-12-25-13-15-28)22(16-20)27-32(30,31)21-9-6-19(7-10-21)17(2)3;3-2(4,5)1(6)7/h6-11,16-18,25,27H,5,12-15H2,1-4H3,(H,26,29);(H,6,7). The molecular weight excluding hydrogens is 537 g/mol. The van der Waals surface area contributed by atoms with E-state index >= 15 is 0 Å². The van der Waals surface area contributed by atoms with E-state index in [-0.39, 0.29) is 16.8 Å². The summed E-state index contributed by atoms with van der Waals surface area (Å²) in [6.45, 7) is 11.2. The number of carboxylic acid groups (broad SMARTS) is 1. The predicted molar refractivity (Wildman–Crippen MR) is 144 cm³/mol. The number of amides is 1. The minimum atomic E-state index is -5.08. The summed E-state index contributed by atoms with van der Waals surface area (Å²) >= 11 is 0. The SMILES string of the molecule is CCC(C)NC(=O)c1ccc(N2CCNCC2)c(NS(=O)(=O)c2ccc(C(C)C)cc2)c1.O=C(O)C(F)(F)F. The van der Waals surface area contributed by atoms with Crippen LogP contribution in [0.4, 0.5) is 24.5 Å². The second-order valence-electron chi connectivity index (χ2n) is 9.38. The van der Waals surface area contributed by atoms with E-state index in [1.165, 1.54) is 0 Å². The molecular formula is C26H35F3N4O5S. The molecule has 0 saturated carbocycles. The number of nitrogens with one attached hydrogen (secondary N) is 3. The minimum Gasteiger partial charge on any atom is -0.475 e. The van der Waals surface area contributed by atoms with E-state index in [0.717, 1.165) is 43.9 Å². The van der Waals surface area contributed by atoms with Gasteiger partial charge in [0.2, 0.25) is 0 Å². The molecule has 1 aliphatic heterocycles. The summed E-state index contributed by atoms with van der Waals surface area (Å²) in [5.41, 5.74) is 2.69. The second kappa shape index (κ2) is 13.7. The summed E-state index contributed by atoms with van der Waals surface area (Å²) in [5, 5.41) is 13.4. The first-order chi connectivity index (χ1) is 18.2. The number of alkyl halides is 3. The number of carbonyl (C=O) groups is 2. The molecule has 0 aromatic heterocycles. The van der Waals surface area contributed by atoms with Gasteiger partial charge in [-0.05, 0) is 55.2 Å². The Morgan fingerprint density at radius 3 is 2.10 bits per heavy atom. The Morgan fingerprint density at radius 2 is 1.62 bits per heavy atom. The molecule has 4 N–H and O–H groups in total. The zero-order valence-electron chi connectivity index (χ0n) is 22.3. The molecule has 1 atom stereocenters. The zero-order valence-corrected chi connectivity index (χ0v) is 23.1. The molecule has 0 bridgehead atoms. The molecule has 0 spiro atoms. The molecule has 2 aromatic carbocycles. The lowest BCUT2D eigenvalue weighted by molar-refractivity contribution is -0.192. The summed E-state index contributed by atoms with van der Waals surface area (Å²) in [6.07, 6.45) is -4.27. The van der Waals surface area contributed by atoms with Gasteiger partial charge in [0.15, 0.2) is 0 Å². The maximum atomic E-state index is 13.2. The summed E-state index contributed by atoms with van der Waals surface area (Å²) in [4.78, 5) is 23.9. The van der Waals surface area contributed by atoms with E-state index in [4.69, 9.17) is 9.90 Å². The van der Waals surface area contributed by atoms with Crippen LogP contribution in [0.15, 0.2) is 47.4 Å². The van der Waals surface area contributed by atoms with Gasteiger partial charge in [-0.25, -0.2) is 13.2 Å². The Bertz CT molecular complexity index is 1230. The molecule has 1 aliphatic rings. The van der Waals surface area contributed by atoms with Crippen LogP contribution in [0.3, 0.4) is 0 Å². The van der Waals surface area contributed by atoms with Crippen molar-refractivity contribution in [2.45, 2.75) is 57.1 Å². The molecule has 0 radical (unpaired) electrons. The van der Waals surface area contributed by atoms with Crippen LogP contribution in [0, 0.1) is 0 Å². The number of carboxylic acids is 1. The van der Waals surface area contributed by atoms with Crippen molar-refractivity contribution in [3.8, 4) is 0 Å². The van der Waals surface area contributed by atoms with E-state index in [2.05, 4.69) is 34.1 Å². The van der Waals surface area contributed by atoms with Gasteiger partial charge < -0.3 is 20.6 Å². The second-order valence-corrected chi connectivity index (χ2v) is 11.1. The Balaban J connectivity index is 0.000000673. The number of halogens is 3. The molecule has 39 heavy (non-hydrogen) atoms. The summed E-state index contributed by atoms with van der Waals surface area (Å²) in [6, 6.07) is 12.2. The number of sulfonamides is 1. The lowest BCUT2D eigenvalue weighted by atomic mass is 10.0. The van der Waals surface area contributed by atoms with Crippen molar-refractivity contribution in [3.63, 3.8) is 0 Å². The lowest BCUT2D eigenvalue weighted by Gasteiger charge is -2.31.